The average Bonchev–Trinajstić information content (AvgIpc) is 3.43. The number of carbonyl (C=O) groups excluding carboxylic acids is 2. The Hall–Kier alpha value is -2.55. The van der Waals surface area contributed by atoms with Crippen LogP contribution in [0.5, 0.6) is 0 Å². The molecule has 0 aromatic carbocycles. The van der Waals surface area contributed by atoms with Crippen LogP contribution in [0.4, 0.5) is 0 Å². The molecular formula is C71H132N2O7P+. The smallest absolute Gasteiger partial charge is 0.456 e. The zero-order valence-electron chi connectivity index (χ0n) is 54.0. The monoisotopic (exact) mass is 1160 g/mol. The first-order valence-corrected chi connectivity index (χ1v) is 35.8. The van der Waals surface area contributed by atoms with Gasteiger partial charge < -0.3 is 19.4 Å². The lowest BCUT2D eigenvalue weighted by Crippen LogP contribution is -2.47. The van der Waals surface area contributed by atoms with Crippen molar-refractivity contribution in [3.05, 3.63) is 72.9 Å². The van der Waals surface area contributed by atoms with E-state index in [1.807, 2.05) is 33.3 Å². The Bertz CT molecular complexity index is 1620. The summed E-state index contributed by atoms with van der Waals surface area (Å²) >= 11 is 0. The minimum Gasteiger partial charge on any atom is -0.456 e. The number of amides is 1. The molecule has 9 nitrogen and oxygen atoms in total. The molecule has 0 radical (unpaired) electrons. The van der Waals surface area contributed by atoms with Gasteiger partial charge in [-0.1, -0.05) is 299 Å². The van der Waals surface area contributed by atoms with Crippen molar-refractivity contribution in [1.82, 2.24) is 5.32 Å². The summed E-state index contributed by atoms with van der Waals surface area (Å²) in [7, 11) is 1.50. The molecule has 0 aromatic rings. The van der Waals surface area contributed by atoms with Crippen LogP contribution < -0.4 is 5.32 Å². The normalized spacial score (nSPS) is 14.0. The van der Waals surface area contributed by atoms with E-state index >= 15 is 0 Å². The molecule has 0 saturated heterocycles. The minimum atomic E-state index is -4.45. The summed E-state index contributed by atoms with van der Waals surface area (Å²) in [6.45, 7) is 6.93. The fourth-order valence-electron chi connectivity index (χ4n) is 9.91. The zero-order valence-corrected chi connectivity index (χ0v) is 54.9. The second-order valence-electron chi connectivity index (χ2n) is 24.3. The first-order chi connectivity index (χ1) is 39.4. The molecule has 0 bridgehead atoms. The molecule has 0 rings (SSSR count). The number of phosphoric ester groups is 1. The largest absolute Gasteiger partial charge is 0.472 e. The number of carbonyl (C=O) groups is 2. The Labute approximate surface area is 502 Å². The first kappa shape index (κ1) is 78.5. The van der Waals surface area contributed by atoms with Gasteiger partial charge in [-0.2, -0.15) is 0 Å². The lowest BCUT2D eigenvalue weighted by atomic mass is 10.0. The lowest BCUT2D eigenvalue weighted by molar-refractivity contribution is -0.870. The molecule has 472 valence electrons. The number of hydrogen-bond donors (Lipinski definition) is 2. The molecule has 0 heterocycles. The summed E-state index contributed by atoms with van der Waals surface area (Å²) in [5.41, 5.74) is 0. The van der Waals surface area contributed by atoms with Gasteiger partial charge >= 0.3 is 13.8 Å². The van der Waals surface area contributed by atoms with Gasteiger partial charge in [0.1, 0.15) is 19.3 Å². The van der Waals surface area contributed by atoms with Crippen molar-refractivity contribution < 1.29 is 37.3 Å². The van der Waals surface area contributed by atoms with E-state index in [0.29, 0.717) is 17.4 Å². The second kappa shape index (κ2) is 60.6. The summed E-state index contributed by atoms with van der Waals surface area (Å²) < 4.78 is 30.8. The number of quaternary nitrogens is 1. The minimum absolute atomic E-state index is 0.0389. The molecule has 2 N–H and O–H groups in total. The van der Waals surface area contributed by atoms with Crippen LogP contribution in [0.1, 0.15) is 316 Å². The molecule has 0 saturated carbocycles. The third-order valence-electron chi connectivity index (χ3n) is 15.2. The number of nitrogens with zero attached hydrogens (tertiary/aromatic N) is 1. The lowest BCUT2D eigenvalue weighted by Gasteiger charge is -2.27. The van der Waals surface area contributed by atoms with Gasteiger partial charge in [0, 0.05) is 12.8 Å². The fourth-order valence-corrected chi connectivity index (χ4v) is 10.6. The van der Waals surface area contributed by atoms with Crippen LogP contribution in [-0.4, -0.2) is 74.3 Å². The number of allylic oxidation sites excluding steroid dienone is 11. The first-order valence-electron chi connectivity index (χ1n) is 34.3. The molecule has 0 fully saturated rings. The molecule has 10 heteroatoms. The Morgan fingerprint density at radius 1 is 0.444 bits per heavy atom. The summed E-state index contributed by atoms with van der Waals surface area (Å²) in [5.74, 6) is -0.502. The summed E-state index contributed by atoms with van der Waals surface area (Å²) in [6, 6.07) is -0.851. The van der Waals surface area contributed by atoms with Crippen LogP contribution in [0, 0.1) is 0 Å². The van der Waals surface area contributed by atoms with Crippen LogP contribution in [-0.2, 0) is 27.9 Å². The average molecular weight is 1160 g/mol. The number of phosphoric acid groups is 1. The Morgan fingerprint density at radius 2 is 0.790 bits per heavy atom. The van der Waals surface area contributed by atoms with E-state index in [9.17, 15) is 19.0 Å². The van der Waals surface area contributed by atoms with E-state index in [1.165, 1.54) is 180 Å². The molecule has 0 aliphatic rings. The van der Waals surface area contributed by atoms with E-state index < -0.39 is 20.0 Å². The van der Waals surface area contributed by atoms with Gasteiger partial charge in [0.25, 0.3) is 0 Å². The SMILES string of the molecule is CC/C=C\C/C=C\C/C=C\C/C=C\C/C=C\CCCCCCCCCCCC(=O)OC(/C=C/CCCCCCCCCCC)C(COP(=O)(O)OCC[N+](C)(C)C)NC(=O)CCCCCCCCCCCCCCCCCCCCC. The van der Waals surface area contributed by atoms with Gasteiger partial charge in [0.2, 0.25) is 5.91 Å². The molecule has 0 aliphatic heterocycles. The van der Waals surface area contributed by atoms with E-state index in [1.54, 1.807) is 0 Å². The van der Waals surface area contributed by atoms with E-state index in [0.717, 1.165) is 103 Å². The Kier molecular flexibility index (Phi) is 58.7. The third-order valence-corrected chi connectivity index (χ3v) is 16.1. The van der Waals surface area contributed by atoms with Crippen molar-refractivity contribution in [2.75, 3.05) is 40.9 Å². The van der Waals surface area contributed by atoms with Crippen LogP contribution in [0.15, 0.2) is 72.9 Å². The number of likely N-dealkylation sites (N-methyl/N-ethyl adjacent to an activating group) is 1. The topological polar surface area (TPSA) is 111 Å². The van der Waals surface area contributed by atoms with Crippen LogP contribution in [0.3, 0.4) is 0 Å². The molecule has 1 amide bonds. The zero-order chi connectivity index (χ0) is 59.3. The summed E-state index contributed by atoms with van der Waals surface area (Å²) in [5, 5.41) is 3.07. The quantitative estimate of drug-likeness (QED) is 0.0205. The second-order valence-corrected chi connectivity index (χ2v) is 25.8. The molecule has 0 aromatic heterocycles. The highest BCUT2D eigenvalue weighted by Gasteiger charge is 2.30. The predicted octanol–water partition coefficient (Wildman–Crippen LogP) is 21.6. The summed E-state index contributed by atoms with van der Waals surface area (Å²) in [4.78, 5) is 37.8. The maximum Gasteiger partial charge on any atom is 0.472 e. The van der Waals surface area contributed by atoms with E-state index in [-0.39, 0.29) is 31.5 Å². The van der Waals surface area contributed by atoms with Crippen molar-refractivity contribution >= 4 is 19.7 Å². The van der Waals surface area contributed by atoms with Crippen molar-refractivity contribution in [3.63, 3.8) is 0 Å². The molecular weight excluding hydrogens is 1020 g/mol. The Balaban J connectivity index is 5.07. The number of nitrogens with one attached hydrogen (secondary N) is 1. The highest BCUT2D eigenvalue weighted by atomic mass is 31.2. The van der Waals surface area contributed by atoms with Crippen molar-refractivity contribution in [2.45, 2.75) is 328 Å². The maximum atomic E-state index is 13.6. The van der Waals surface area contributed by atoms with E-state index in [2.05, 4.69) is 86.8 Å². The number of esters is 1. The molecule has 81 heavy (non-hydrogen) atoms. The van der Waals surface area contributed by atoms with Gasteiger partial charge in [0.05, 0.1) is 33.8 Å². The van der Waals surface area contributed by atoms with Gasteiger partial charge in [-0.25, -0.2) is 4.57 Å². The van der Waals surface area contributed by atoms with Gasteiger partial charge in [0.15, 0.2) is 0 Å². The third kappa shape index (κ3) is 61.8. The van der Waals surface area contributed by atoms with Crippen LogP contribution >= 0.6 is 7.82 Å². The van der Waals surface area contributed by atoms with Gasteiger partial charge in [-0.3, -0.25) is 18.6 Å². The number of rotatable bonds is 62. The van der Waals surface area contributed by atoms with Gasteiger partial charge in [-0.15, -0.1) is 0 Å². The number of ether oxygens (including phenoxy) is 1. The van der Waals surface area contributed by atoms with Crippen LogP contribution in [0.2, 0.25) is 0 Å². The van der Waals surface area contributed by atoms with Crippen molar-refractivity contribution in [3.8, 4) is 0 Å². The summed E-state index contributed by atoms with van der Waals surface area (Å²) in [6.07, 6.45) is 79.1. The van der Waals surface area contributed by atoms with Gasteiger partial charge in [-0.05, 0) is 76.7 Å². The highest BCUT2D eigenvalue weighted by Crippen LogP contribution is 2.43. The predicted molar refractivity (Wildman–Crippen MR) is 351 cm³/mol. The number of hydrogen-bond acceptors (Lipinski definition) is 6. The molecule has 3 atom stereocenters. The fraction of sp³-hybridized carbons (Fsp3) is 0.803. The van der Waals surface area contributed by atoms with Crippen molar-refractivity contribution in [1.29, 1.82) is 0 Å². The molecule has 0 aliphatic carbocycles. The highest BCUT2D eigenvalue weighted by molar-refractivity contribution is 7.47. The van der Waals surface area contributed by atoms with Crippen LogP contribution in [0.25, 0.3) is 0 Å². The number of unbranched alkanes of at least 4 members (excludes halogenated alkanes) is 36. The molecule has 3 unspecified atom stereocenters. The standard InChI is InChI=1S/C71H131N2O7P/c1-7-10-13-16-19-22-25-27-29-31-33-34-35-36-37-38-40-42-44-46-49-52-55-58-61-64-71(75)80-69(62-59-56-53-50-47-24-21-18-15-12-9-3)68(67-79-81(76,77)78-66-65-73(4,5)6)72-70(74)63-60-57-54-51-48-45-43-41-39-32-30-28-26-23-20-17-14-11-8-2/h10,13,19,22,27,29,33-34,36-37,59,62,68-69H,7-9,11-12,14-18,20-21,23-26,28,30-32,35,38-58,60-61,63-67H2,1-6H3,(H-,72,74,76,77)/p+1/b13-10-,22-19-,29-27-,34-33-,37-36-,62-59+. The Morgan fingerprint density at radius 3 is 1.19 bits per heavy atom. The van der Waals surface area contributed by atoms with E-state index in [4.69, 9.17) is 13.8 Å². The molecule has 0 spiro atoms. The maximum absolute atomic E-state index is 13.6. The van der Waals surface area contributed by atoms with Crippen molar-refractivity contribution in [2.24, 2.45) is 0 Å².